The summed E-state index contributed by atoms with van der Waals surface area (Å²) in [5.74, 6) is 3.39. The maximum Gasteiger partial charge on any atom is 0.292 e. The van der Waals surface area contributed by atoms with E-state index in [2.05, 4.69) is 41.9 Å². The van der Waals surface area contributed by atoms with E-state index in [0.29, 0.717) is 0 Å². The number of hydrogen-bond acceptors (Lipinski definition) is 27. The number of rotatable bonds is 53. The molecule has 6 rings (SSSR count). The zero-order valence-corrected chi connectivity index (χ0v) is 68.9. The van der Waals surface area contributed by atoms with Crippen LogP contribution in [-0.4, -0.2) is 233 Å². The number of halogens is 6. The summed E-state index contributed by atoms with van der Waals surface area (Å²) in [5, 5.41) is 21.8. The first kappa shape index (κ1) is 98.6. The normalized spacial score (nSPS) is 11.8. The van der Waals surface area contributed by atoms with Gasteiger partial charge in [-0.3, -0.25) is 43.2 Å². The fourth-order valence-corrected chi connectivity index (χ4v) is 12.2. The Balaban J connectivity index is 1.01. The standard InChI is InChI=1S/C78H103F6N21O17/c1-45-63(48(4)100(7)66(45)72(109)96-54-10-13-57(79)60(82)32-54)69(106)75(112)92-35-51(85)38-103(89)17-21-116-25-29-120-42-78(41-119-28-24-115-20-16-95-99-88,43-121-30-26-117-22-18-104(90)39-52(86)36-93-76(113)70(107)64-46(2)67(101(8)49(64)5)73(110)97-55-11-14-58(80)61(83)33-55)44-122-31-27-118-23-19-105(91)40-53(87)37-94-77(114)71(108)65-47(3)68(102(9)50(65)6)74(111)98-56-12-15-59(81)62(84)34-56/h10-15,32-34,38-40H,16-31,35-37,41-44,85-87,89-91H2,1-9H3,(H,92,112)(H,93,113)(H,94,114)(H,96,109)(H,97,110)(H,98,111)/b51-38-,52-39-,53-40-. The number of hydrazine groups is 3. The molecule has 0 atom stereocenters. The van der Waals surface area contributed by atoms with Crippen LogP contribution in [0.3, 0.4) is 0 Å². The molecule has 122 heavy (non-hydrogen) atoms. The molecule has 18 N–H and O–H groups in total. The molecular formula is C78H103F6N21O17. The van der Waals surface area contributed by atoms with Crippen LogP contribution in [0.4, 0.5) is 43.4 Å². The zero-order valence-electron chi connectivity index (χ0n) is 68.9. The van der Waals surface area contributed by atoms with E-state index in [1.807, 2.05) is 0 Å². The second-order valence-corrected chi connectivity index (χ2v) is 27.7. The molecular weight excluding hydrogens is 1620 g/mol. The fraction of sp³-hybridized carbons (Fsp3) is 0.423. The highest BCUT2D eigenvalue weighted by molar-refractivity contribution is 6.45. The Morgan fingerprint density at radius 1 is 0.410 bits per heavy atom. The molecule has 0 saturated carbocycles. The Kier molecular flexibility index (Phi) is 39.0. The molecule has 3 heterocycles. The van der Waals surface area contributed by atoms with Crippen molar-refractivity contribution in [2.24, 2.45) is 66.4 Å². The van der Waals surface area contributed by atoms with Crippen molar-refractivity contribution in [1.82, 2.24) is 44.7 Å². The van der Waals surface area contributed by atoms with Gasteiger partial charge in [-0.2, -0.15) is 0 Å². The third kappa shape index (κ3) is 29.0. The first-order chi connectivity index (χ1) is 57.9. The van der Waals surface area contributed by atoms with Gasteiger partial charge in [-0.1, -0.05) is 5.11 Å². The van der Waals surface area contributed by atoms with E-state index < -0.39 is 93.1 Å². The van der Waals surface area contributed by atoms with Crippen LogP contribution in [0.1, 0.15) is 96.3 Å². The molecule has 0 aliphatic heterocycles. The number of nitrogens with two attached hydrogens (primary N) is 6. The molecule has 44 heteroatoms. The zero-order chi connectivity index (χ0) is 90.1. The minimum absolute atomic E-state index is 0.000622. The van der Waals surface area contributed by atoms with E-state index in [9.17, 15) is 69.5 Å². The third-order valence-electron chi connectivity index (χ3n) is 18.6. The number of nitrogens with one attached hydrogen (secondary N) is 6. The van der Waals surface area contributed by atoms with E-state index >= 15 is 0 Å². The Labute approximate surface area is 697 Å². The van der Waals surface area contributed by atoms with Crippen molar-refractivity contribution in [2.75, 3.05) is 167 Å². The molecule has 6 amide bonds. The number of carbonyl (C=O) groups excluding carboxylic acids is 9. The predicted molar refractivity (Wildman–Crippen MR) is 432 cm³/mol. The van der Waals surface area contributed by atoms with Gasteiger partial charge < -0.3 is 116 Å². The highest BCUT2D eigenvalue weighted by Gasteiger charge is 2.35. The van der Waals surface area contributed by atoms with Crippen LogP contribution in [0.5, 0.6) is 0 Å². The lowest BCUT2D eigenvalue weighted by Crippen LogP contribution is -2.43. The van der Waals surface area contributed by atoms with Crippen LogP contribution >= 0.6 is 0 Å². The largest absolute Gasteiger partial charge is 0.399 e. The van der Waals surface area contributed by atoms with E-state index in [4.69, 9.17) is 78.2 Å². The van der Waals surface area contributed by atoms with Gasteiger partial charge in [0.25, 0.3) is 52.8 Å². The second-order valence-electron chi connectivity index (χ2n) is 27.7. The van der Waals surface area contributed by atoms with Gasteiger partial charge in [-0.25, -0.2) is 43.9 Å². The van der Waals surface area contributed by atoms with Gasteiger partial charge in [0.1, 0.15) is 17.1 Å². The predicted octanol–water partition coefficient (Wildman–Crippen LogP) is 3.80. The first-order valence-electron chi connectivity index (χ1n) is 37.7. The molecule has 0 saturated heterocycles. The quantitative estimate of drug-likeness (QED) is 0.00297. The molecule has 38 nitrogen and oxygen atoms in total. The summed E-state index contributed by atoms with van der Waals surface area (Å²) in [5.41, 5.74) is 27.3. The lowest BCUT2D eigenvalue weighted by molar-refractivity contribution is -0.121. The van der Waals surface area contributed by atoms with Crippen LogP contribution in [0.25, 0.3) is 10.4 Å². The summed E-state index contributed by atoms with van der Waals surface area (Å²) >= 11 is 0. The number of azide groups is 1. The number of nitrogens with zero attached hydrogens (tertiary/aromatic N) is 9. The van der Waals surface area contributed by atoms with E-state index in [1.54, 1.807) is 0 Å². The number of Topliss-reactive ketones (excluding diaryl/α,β-unsaturated/α-hetero) is 3. The van der Waals surface area contributed by atoms with Crippen molar-refractivity contribution >= 4 is 69.9 Å². The van der Waals surface area contributed by atoms with E-state index in [0.717, 1.165) is 54.6 Å². The highest BCUT2D eigenvalue weighted by Crippen LogP contribution is 2.29. The lowest BCUT2D eigenvalue weighted by atomic mass is 9.92. The van der Waals surface area contributed by atoms with Gasteiger partial charge in [0.2, 0.25) is 0 Å². The van der Waals surface area contributed by atoms with Crippen molar-refractivity contribution in [3.8, 4) is 0 Å². The SMILES string of the molecule is Cc1c(C(=O)C(=O)NC/C(N)=C/N(N)CCOCCOCC(COCCOCCN=[N+]=[N-])(COCCOCCN(N)/C=C(\N)CNC(=O)C(=O)c2c(C)c(C(=O)Nc3ccc(F)c(F)c3)n(C)c2C)COCCOCCN(N)/C=C(\N)CNC(=O)C(=O)c2c(C)c(C(=O)Nc3ccc(F)c(F)c3)n(C)c2C)c(C)n(C)c1C(=O)Nc1ccc(F)c(F)c1. The van der Waals surface area contributed by atoms with Crippen LogP contribution in [0.2, 0.25) is 0 Å². The Bertz CT molecular complexity index is 4430. The second kappa shape index (κ2) is 48.3. The summed E-state index contributed by atoms with van der Waals surface area (Å²) < 4.78 is 134. The number of amides is 6. The minimum Gasteiger partial charge on any atom is -0.399 e. The Morgan fingerprint density at radius 3 is 0.918 bits per heavy atom. The average molecular weight is 1720 g/mol. The summed E-state index contributed by atoms with van der Waals surface area (Å²) in [4.78, 5) is 122. The molecule has 0 aliphatic rings. The topological polar surface area (TPSA) is 529 Å². The smallest absolute Gasteiger partial charge is 0.292 e. The highest BCUT2D eigenvalue weighted by atomic mass is 19.2. The summed E-state index contributed by atoms with van der Waals surface area (Å²) in [6, 6.07) is 8.41. The molecule has 6 aromatic rings. The maximum absolute atomic E-state index is 13.9. The molecule has 664 valence electrons. The number of ether oxygens (including phenoxy) is 8. The lowest BCUT2D eigenvalue weighted by Gasteiger charge is -2.33. The molecule has 3 aromatic carbocycles. The molecule has 0 fully saturated rings. The van der Waals surface area contributed by atoms with Crippen LogP contribution in [0, 0.1) is 81.9 Å². The number of benzene rings is 3. The molecule has 0 unspecified atom stereocenters. The minimum atomic E-state index is -1.18. The van der Waals surface area contributed by atoms with Crippen molar-refractivity contribution in [3.63, 3.8) is 0 Å². The maximum atomic E-state index is 13.9. The van der Waals surface area contributed by atoms with Crippen LogP contribution < -0.4 is 66.6 Å². The summed E-state index contributed by atoms with van der Waals surface area (Å²) in [6.45, 7) is 9.00. The first-order valence-corrected chi connectivity index (χ1v) is 37.7. The van der Waals surface area contributed by atoms with Gasteiger partial charge in [0, 0.05) is 121 Å². The molecule has 0 radical (unpaired) electrons. The van der Waals surface area contributed by atoms with Gasteiger partial charge >= 0.3 is 0 Å². The summed E-state index contributed by atoms with van der Waals surface area (Å²) in [7, 11) is 4.50. The van der Waals surface area contributed by atoms with Crippen molar-refractivity contribution in [2.45, 2.75) is 41.5 Å². The number of aromatic nitrogens is 3. The van der Waals surface area contributed by atoms with Gasteiger partial charge in [-0.05, 0) is 100 Å². The Morgan fingerprint density at radius 2 is 0.664 bits per heavy atom. The monoisotopic (exact) mass is 1720 g/mol. The van der Waals surface area contributed by atoms with Gasteiger partial charge in [0.05, 0.1) is 167 Å². The molecule has 0 aliphatic carbocycles. The van der Waals surface area contributed by atoms with Crippen molar-refractivity contribution < 1.29 is 107 Å². The third-order valence-corrected chi connectivity index (χ3v) is 18.6. The van der Waals surface area contributed by atoms with Gasteiger partial charge in [0.15, 0.2) is 34.9 Å². The number of hydrogen-bond donors (Lipinski definition) is 12. The molecule has 3 aromatic heterocycles. The molecule has 0 bridgehead atoms. The average Bonchev–Trinajstić information content (AvgIpc) is 1.64. The van der Waals surface area contributed by atoms with Crippen molar-refractivity contribution in [1.29, 1.82) is 0 Å². The number of carbonyl (C=O) groups is 9. The summed E-state index contributed by atoms with van der Waals surface area (Å²) in [6.07, 6.45) is 3.95. The van der Waals surface area contributed by atoms with Crippen LogP contribution in [-0.2, 0) is 73.4 Å². The fourth-order valence-electron chi connectivity index (χ4n) is 12.2. The molecule has 0 spiro atoms. The van der Waals surface area contributed by atoms with Crippen molar-refractivity contribution in [3.05, 3.63) is 203 Å². The number of ketones is 3. The van der Waals surface area contributed by atoms with Gasteiger partial charge in [-0.15, -0.1) is 0 Å². The van der Waals surface area contributed by atoms with E-state index in [-0.39, 0.29) is 253 Å². The van der Waals surface area contributed by atoms with E-state index in [1.165, 1.54) is 110 Å². The van der Waals surface area contributed by atoms with Crippen LogP contribution in [0.15, 0.2) is 95.4 Å². The Hall–Kier alpha value is -12.2. The number of anilines is 3.